The van der Waals surface area contributed by atoms with Crippen molar-refractivity contribution in [3.05, 3.63) is 34.9 Å². The van der Waals surface area contributed by atoms with Crippen LogP contribution >= 0.6 is 11.6 Å². The first-order valence-electron chi connectivity index (χ1n) is 6.33. The average Bonchev–Trinajstić information content (AvgIpc) is 2.34. The van der Waals surface area contributed by atoms with Crippen LogP contribution in [0.15, 0.2) is 24.3 Å². The molecule has 1 aromatic rings. The molecule has 0 aliphatic rings. The maximum absolute atomic E-state index is 11.6. The lowest BCUT2D eigenvalue weighted by Gasteiger charge is -2.10. The summed E-state index contributed by atoms with van der Waals surface area (Å²) in [6.45, 7) is 3.34. The molecule has 0 radical (unpaired) electrons. The third kappa shape index (κ3) is 6.03. The van der Waals surface area contributed by atoms with Crippen molar-refractivity contribution in [1.82, 2.24) is 5.32 Å². The van der Waals surface area contributed by atoms with Crippen molar-refractivity contribution >= 4 is 17.5 Å². The van der Waals surface area contributed by atoms with Crippen LogP contribution in [0.5, 0.6) is 0 Å². The summed E-state index contributed by atoms with van der Waals surface area (Å²) in [6, 6.07) is 7.51. The van der Waals surface area contributed by atoms with Crippen molar-refractivity contribution in [2.75, 3.05) is 6.54 Å². The maximum atomic E-state index is 11.6. The van der Waals surface area contributed by atoms with Gasteiger partial charge < -0.3 is 11.1 Å². The van der Waals surface area contributed by atoms with E-state index in [-0.39, 0.29) is 5.91 Å². The standard InChI is InChI=1S/C14H21ClN2O/c1-11(7-8-16)5-6-14(18)17-10-12-3-2-4-13(15)9-12/h2-4,9,11H,5-8,10,16H2,1H3,(H,17,18). The van der Waals surface area contributed by atoms with Crippen molar-refractivity contribution in [2.24, 2.45) is 11.7 Å². The fraction of sp³-hybridized carbons (Fsp3) is 0.500. The summed E-state index contributed by atoms with van der Waals surface area (Å²) in [7, 11) is 0. The van der Waals surface area contributed by atoms with Gasteiger partial charge in [0.2, 0.25) is 5.91 Å². The molecule has 3 nitrogen and oxygen atoms in total. The highest BCUT2D eigenvalue weighted by Gasteiger charge is 2.06. The number of nitrogens with one attached hydrogen (secondary N) is 1. The molecule has 0 aliphatic heterocycles. The van der Waals surface area contributed by atoms with Crippen molar-refractivity contribution < 1.29 is 4.79 Å². The molecule has 1 atom stereocenters. The zero-order valence-electron chi connectivity index (χ0n) is 10.8. The van der Waals surface area contributed by atoms with Crippen LogP contribution in [0.2, 0.25) is 5.02 Å². The van der Waals surface area contributed by atoms with E-state index in [0.717, 1.165) is 18.4 Å². The van der Waals surface area contributed by atoms with Crippen LogP contribution in [-0.4, -0.2) is 12.5 Å². The number of amides is 1. The van der Waals surface area contributed by atoms with Gasteiger partial charge in [-0.1, -0.05) is 30.7 Å². The van der Waals surface area contributed by atoms with Gasteiger partial charge in [-0.3, -0.25) is 4.79 Å². The van der Waals surface area contributed by atoms with Crippen LogP contribution in [-0.2, 0) is 11.3 Å². The van der Waals surface area contributed by atoms with Gasteiger partial charge in [0.05, 0.1) is 0 Å². The molecule has 0 aromatic heterocycles. The summed E-state index contributed by atoms with van der Waals surface area (Å²) in [5.41, 5.74) is 6.49. The smallest absolute Gasteiger partial charge is 0.220 e. The van der Waals surface area contributed by atoms with Gasteiger partial charge in [-0.25, -0.2) is 0 Å². The Labute approximate surface area is 114 Å². The molecular weight excluding hydrogens is 248 g/mol. The quantitative estimate of drug-likeness (QED) is 0.799. The fourth-order valence-electron chi connectivity index (χ4n) is 1.74. The van der Waals surface area contributed by atoms with E-state index in [1.807, 2.05) is 24.3 Å². The van der Waals surface area contributed by atoms with E-state index < -0.39 is 0 Å². The Balaban J connectivity index is 2.25. The highest BCUT2D eigenvalue weighted by molar-refractivity contribution is 6.30. The summed E-state index contributed by atoms with van der Waals surface area (Å²) in [6.07, 6.45) is 2.42. The molecule has 1 unspecified atom stereocenters. The van der Waals surface area contributed by atoms with Crippen LogP contribution in [0.4, 0.5) is 0 Å². The monoisotopic (exact) mass is 268 g/mol. The Hall–Kier alpha value is -1.06. The molecular formula is C14H21ClN2O. The minimum Gasteiger partial charge on any atom is -0.352 e. The topological polar surface area (TPSA) is 55.1 Å². The summed E-state index contributed by atoms with van der Waals surface area (Å²) >= 11 is 5.87. The number of carbonyl (C=O) groups excluding carboxylic acids is 1. The number of halogens is 1. The van der Waals surface area contributed by atoms with Crippen molar-refractivity contribution in [2.45, 2.75) is 32.7 Å². The molecule has 0 aliphatic carbocycles. The van der Waals surface area contributed by atoms with E-state index in [1.54, 1.807) is 0 Å². The summed E-state index contributed by atoms with van der Waals surface area (Å²) in [5.74, 6) is 0.589. The van der Waals surface area contributed by atoms with Gasteiger partial charge in [-0.05, 0) is 43.0 Å². The molecule has 1 amide bonds. The zero-order valence-corrected chi connectivity index (χ0v) is 11.5. The lowest BCUT2D eigenvalue weighted by Crippen LogP contribution is -2.23. The van der Waals surface area contributed by atoms with Crippen LogP contribution in [0, 0.1) is 5.92 Å². The van der Waals surface area contributed by atoms with Crippen molar-refractivity contribution in [3.63, 3.8) is 0 Å². The van der Waals surface area contributed by atoms with Gasteiger partial charge in [-0.2, -0.15) is 0 Å². The molecule has 1 aromatic carbocycles. The van der Waals surface area contributed by atoms with E-state index in [1.165, 1.54) is 0 Å². The molecule has 1 rings (SSSR count). The van der Waals surface area contributed by atoms with Gasteiger partial charge >= 0.3 is 0 Å². The lowest BCUT2D eigenvalue weighted by molar-refractivity contribution is -0.121. The Morgan fingerprint density at radius 3 is 2.89 bits per heavy atom. The number of hydrogen-bond acceptors (Lipinski definition) is 2. The van der Waals surface area contributed by atoms with Gasteiger partial charge in [0.1, 0.15) is 0 Å². The van der Waals surface area contributed by atoms with Gasteiger partial charge in [0, 0.05) is 18.0 Å². The molecule has 0 fully saturated rings. The maximum Gasteiger partial charge on any atom is 0.220 e. The number of rotatable bonds is 7. The van der Waals surface area contributed by atoms with Crippen LogP contribution in [0.3, 0.4) is 0 Å². The van der Waals surface area contributed by atoms with E-state index in [9.17, 15) is 4.79 Å². The Morgan fingerprint density at radius 2 is 2.22 bits per heavy atom. The largest absolute Gasteiger partial charge is 0.352 e. The minimum absolute atomic E-state index is 0.0823. The molecule has 0 saturated carbocycles. The van der Waals surface area contributed by atoms with E-state index in [0.29, 0.717) is 30.5 Å². The molecule has 4 heteroatoms. The zero-order chi connectivity index (χ0) is 13.4. The summed E-state index contributed by atoms with van der Waals surface area (Å²) in [4.78, 5) is 11.6. The average molecular weight is 269 g/mol. The number of nitrogens with two attached hydrogens (primary N) is 1. The normalized spacial score (nSPS) is 12.2. The molecule has 0 heterocycles. The molecule has 0 spiro atoms. The second-order valence-electron chi connectivity index (χ2n) is 4.63. The third-order valence-electron chi connectivity index (χ3n) is 2.90. The van der Waals surface area contributed by atoms with Crippen LogP contribution in [0.25, 0.3) is 0 Å². The van der Waals surface area contributed by atoms with Crippen molar-refractivity contribution in [1.29, 1.82) is 0 Å². The second-order valence-corrected chi connectivity index (χ2v) is 5.06. The van der Waals surface area contributed by atoms with Gasteiger partial charge in [0.15, 0.2) is 0 Å². The number of benzene rings is 1. The second kappa shape index (κ2) is 8.11. The molecule has 0 bridgehead atoms. The van der Waals surface area contributed by atoms with E-state index >= 15 is 0 Å². The lowest BCUT2D eigenvalue weighted by atomic mass is 10.0. The summed E-state index contributed by atoms with van der Waals surface area (Å²) < 4.78 is 0. The fourth-order valence-corrected chi connectivity index (χ4v) is 1.96. The Bertz CT molecular complexity index is 382. The number of hydrogen-bond donors (Lipinski definition) is 2. The number of carbonyl (C=O) groups is 1. The van der Waals surface area contributed by atoms with E-state index in [2.05, 4.69) is 12.2 Å². The van der Waals surface area contributed by atoms with Gasteiger partial charge in [0.25, 0.3) is 0 Å². The summed E-state index contributed by atoms with van der Waals surface area (Å²) in [5, 5.41) is 3.59. The first kappa shape index (κ1) is 15.0. The first-order chi connectivity index (χ1) is 8.61. The first-order valence-corrected chi connectivity index (χ1v) is 6.71. The van der Waals surface area contributed by atoms with Crippen LogP contribution in [0.1, 0.15) is 31.7 Å². The molecule has 3 N–H and O–H groups in total. The highest BCUT2D eigenvalue weighted by Crippen LogP contribution is 2.11. The predicted molar refractivity (Wildman–Crippen MR) is 75.4 cm³/mol. The highest BCUT2D eigenvalue weighted by atomic mass is 35.5. The molecule has 0 saturated heterocycles. The molecule has 100 valence electrons. The third-order valence-corrected chi connectivity index (χ3v) is 3.14. The van der Waals surface area contributed by atoms with E-state index in [4.69, 9.17) is 17.3 Å². The molecule has 18 heavy (non-hydrogen) atoms. The Morgan fingerprint density at radius 1 is 1.44 bits per heavy atom. The van der Waals surface area contributed by atoms with Crippen LogP contribution < -0.4 is 11.1 Å². The van der Waals surface area contributed by atoms with Crippen molar-refractivity contribution in [3.8, 4) is 0 Å². The van der Waals surface area contributed by atoms with Gasteiger partial charge in [-0.15, -0.1) is 0 Å². The Kier molecular flexibility index (Phi) is 6.76. The predicted octanol–water partition coefficient (Wildman–Crippen LogP) is 2.72. The SMILES string of the molecule is CC(CCN)CCC(=O)NCc1cccc(Cl)c1. The minimum atomic E-state index is 0.0823.